The Balaban J connectivity index is 1.87. The van der Waals surface area contributed by atoms with Gasteiger partial charge in [0.25, 0.3) is 5.56 Å². The van der Waals surface area contributed by atoms with Crippen molar-refractivity contribution in [2.45, 2.75) is 13.1 Å². The van der Waals surface area contributed by atoms with Crippen molar-refractivity contribution in [1.82, 2.24) is 19.7 Å². The number of hydrogen-bond donors (Lipinski definition) is 0. The Bertz CT molecular complexity index is 984. The molecule has 0 radical (unpaired) electrons. The number of morpholine rings is 1. The van der Waals surface area contributed by atoms with E-state index < -0.39 is 0 Å². The summed E-state index contributed by atoms with van der Waals surface area (Å²) in [6, 6.07) is 11.2. The fourth-order valence-corrected chi connectivity index (χ4v) is 4.05. The summed E-state index contributed by atoms with van der Waals surface area (Å²) in [6.45, 7) is 4.80. The van der Waals surface area contributed by atoms with Gasteiger partial charge in [0.1, 0.15) is 11.9 Å². The lowest BCUT2D eigenvalue weighted by molar-refractivity contribution is -0.000800. The number of nitrogens with zero attached hydrogens (tertiary/aromatic N) is 4. The largest absolute Gasteiger partial charge is 0.379 e. The molecule has 1 aliphatic heterocycles. The number of ether oxygens (including phenoxy) is 1. The van der Waals surface area contributed by atoms with Crippen molar-refractivity contribution in [1.29, 1.82) is 0 Å². The quantitative estimate of drug-likeness (QED) is 0.668. The van der Waals surface area contributed by atoms with Crippen LogP contribution in [0, 0.1) is 0 Å². The maximum Gasteiger partial charge on any atom is 0.295 e. The van der Waals surface area contributed by atoms with Crippen LogP contribution in [0.4, 0.5) is 0 Å². The molecule has 140 valence electrons. The van der Waals surface area contributed by atoms with Gasteiger partial charge in [0.2, 0.25) is 0 Å². The average Bonchev–Trinajstić information content (AvgIpc) is 3.23. The number of rotatable bonds is 4. The zero-order chi connectivity index (χ0) is 18.8. The summed E-state index contributed by atoms with van der Waals surface area (Å²) in [4.78, 5) is 20.8. The van der Waals surface area contributed by atoms with Crippen LogP contribution in [0.15, 0.2) is 46.6 Å². The van der Waals surface area contributed by atoms with Gasteiger partial charge >= 0.3 is 0 Å². The molecule has 1 fully saturated rings. The van der Waals surface area contributed by atoms with E-state index in [1.165, 1.54) is 16.0 Å². The van der Waals surface area contributed by atoms with Crippen LogP contribution in [0.1, 0.15) is 13.1 Å². The normalized spacial score (nSPS) is 16.4. The molecule has 2 aromatic heterocycles. The van der Waals surface area contributed by atoms with Gasteiger partial charge in [-0.3, -0.25) is 9.69 Å². The molecule has 1 aromatic carbocycles. The van der Waals surface area contributed by atoms with Crippen LogP contribution in [-0.2, 0) is 4.74 Å². The summed E-state index contributed by atoms with van der Waals surface area (Å²) in [7, 11) is 0. The van der Waals surface area contributed by atoms with Crippen LogP contribution in [0.5, 0.6) is 0 Å². The van der Waals surface area contributed by atoms with Crippen molar-refractivity contribution < 1.29 is 4.74 Å². The summed E-state index contributed by atoms with van der Waals surface area (Å²) < 4.78 is 6.95. The summed E-state index contributed by atoms with van der Waals surface area (Å²) in [5, 5.41) is 7.07. The monoisotopic (exact) mass is 402 g/mol. The molecule has 1 unspecified atom stereocenters. The first-order valence-corrected chi connectivity index (χ1v) is 10.0. The zero-order valence-corrected chi connectivity index (χ0v) is 16.4. The molecule has 1 saturated heterocycles. The number of hydrogen-bond acceptors (Lipinski definition) is 6. The molecule has 1 atom stereocenters. The van der Waals surface area contributed by atoms with Crippen LogP contribution in [-0.4, -0.2) is 46.0 Å². The highest BCUT2D eigenvalue weighted by atomic mass is 35.5. The van der Waals surface area contributed by atoms with Crippen molar-refractivity contribution in [3.05, 3.63) is 57.2 Å². The van der Waals surface area contributed by atoms with E-state index in [-0.39, 0.29) is 11.7 Å². The van der Waals surface area contributed by atoms with E-state index >= 15 is 0 Å². The Kier molecular flexibility index (Phi) is 5.36. The predicted molar refractivity (Wildman–Crippen MR) is 107 cm³/mol. The third-order valence-corrected chi connectivity index (χ3v) is 5.83. The first kappa shape index (κ1) is 18.3. The maximum absolute atomic E-state index is 13.2. The molecule has 3 aromatic rings. The molecule has 0 saturated carbocycles. The first-order chi connectivity index (χ1) is 13.1. The summed E-state index contributed by atoms with van der Waals surface area (Å²) >= 11 is 7.85. The van der Waals surface area contributed by atoms with E-state index in [1.54, 1.807) is 6.07 Å². The molecule has 6 nitrogen and oxygen atoms in total. The molecule has 0 bridgehead atoms. The standard InChI is InChI=1S/C19H19ClN4O2S/c1-13(23-8-10-26-11-9-23)24-19(25)17(16-7-4-12-27-16)21-18(22-24)14-5-2-3-6-15(14)20/h2-7,12-13H,8-11H2,1H3. The van der Waals surface area contributed by atoms with Crippen LogP contribution in [0.25, 0.3) is 22.0 Å². The SMILES string of the molecule is CC(N1CCOCC1)n1nc(-c2ccccc2Cl)nc(-c2cccs2)c1=O. The summed E-state index contributed by atoms with van der Waals surface area (Å²) in [5.74, 6) is 0.448. The van der Waals surface area contributed by atoms with E-state index in [0.29, 0.717) is 35.3 Å². The van der Waals surface area contributed by atoms with Crippen LogP contribution in [0.2, 0.25) is 5.02 Å². The Morgan fingerprint density at radius 2 is 1.96 bits per heavy atom. The minimum absolute atomic E-state index is 0.202. The fraction of sp³-hybridized carbons (Fsp3) is 0.316. The smallest absolute Gasteiger partial charge is 0.295 e. The molecule has 4 rings (SSSR count). The second-order valence-electron chi connectivity index (χ2n) is 6.27. The Morgan fingerprint density at radius 3 is 2.67 bits per heavy atom. The maximum atomic E-state index is 13.2. The van der Waals surface area contributed by atoms with Crippen molar-refractivity contribution in [2.75, 3.05) is 26.3 Å². The van der Waals surface area contributed by atoms with E-state index in [9.17, 15) is 4.79 Å². The first-order valence-electron chi connectivity index (χ1n) is 8.76. The van der Waals surface area contributed by atoms with Crippen LogP contribution in [0.3, 0.4) is 0 Å². The molecule has 0 amide bonds. The van der Waals surface area contributed by atoms with E-state index in [2.05, 4.69) is 15.0 Å². The van der Waals surface area contributed by atoms with Crippen molar-refractivity contribution in [3.63, 3.8) is 0 Å². The Labute approximate surface area is 166 Å². The highest BCUT2D eigenvalue weighted by Gasteiger charge is 2.24. The second kappa shape index (κ2) is 7.90. The number of thiophene rings is 1. The molecular weight excluding hydrogens is 384 g/mol. The third kappa shape index (κ3) is 3.68. The van der Waals surface area contributed by atoms with Gasteiger partial charge < -0.3 is 4.74 Å². The van der Waals surface area contributed by atoms with Gasteiger partial charge in [-0.05, 0) is 30.5 Å². The zero-order valence-electron chi connectivity index (χ0n) is 14.8. The highest BCUT2D eigenvalue weighted by Crippen LogP contribution is 2.27. The molecule has 3 heterocycles. The van der Waals surface area contributed by atoms with Crippen molar-refractivity contribution in [3.8, 4) is 22.0 Å². The lowest BCUT2D eigenvalue weighted by atomic mass is 10.2. The molecule has 0 N–H and O–H groups in total. The lowest BCUT2D eigenvalue weighted by Crippen LogP contribution is -2.44. The number of aromatic nitrogens is 3. The van der Waals surface area contributed by atoms with E-state index in [1.807, 2.05) is 42.6 Å². The third-order valence-electron chi connectivity index (χ3n) is 4.63. The molecule has 27 heavy (non-hydrogen) atoms. The topological polar surface area (TPSA) is 60.2 Å². The van der Waals surface area contributed by atoms with Crippen LogP contribution >= 0.6 is 22.9 Å². The predicted octanol–water partition coefficient (Wildman–Crippen LogP) is 3.54. The fourth-order valence-electron chi connectivity index (χ4n) is 3.12. The molecule has 0 aliphatic carbocycles. The highest BCUT2D eigenvalue weighted by molar-refractivity contribution is 7.13. The minimum Gasteiger partial charge on any atom is -0.379 e. The summed E-state index contributed by atoms with van der Waals surface area (Å²) in [5.41, 5.74) is 0.905. The Morgan fingerprint density at radius 1 is 1.19 bits per heavy atom. The van der Waals surface area contributed by atoms with E-state index in [0.717, 1.165) is 18.0 Å². The average molecular weight is 403 g/mol. The molecular formula is C19H19ClN4O2S. The van der Waals surface area contributed by atoms with Gasteiger partial charge in [-0.15, -0.1) is 16.4 Å². The van der Waals surface area contributed by atoms with Gasteiger partial charge in [-0.25, -0.2) is 9.67 Å². The van der Waals surface area contributed by atoms with Crippen molar-refractivity contribution >= 4 is 22.9 Å². The molecule has 0 spiro atoms. The van der Waals surface area contributed by atoms with Gasteiger partial charge in [0.05, 0.1) is 23.1 Å². The Hall–Kier alpha value is -2.06. The van der Waals surface area contributed by atoms with Crippen molar-refractivity contribution in [2.24, 2.45) is 0 Å². The summed E-state index contributed by atoms with van der Waals surface area (Å²) in [6.07, 6.45) is -0.204. The van der Waals surface area contributed by atoms with Gasteiger partial charge in [-0.1, -0.05) is 29.8 Å². The van der Waals surface area contributed by atoms with Gasteiger partial charge in [0, 0.05) is 18.7 Å². The lowest BCUT2D eigenvalue weighted by Gasteiger charge is -2.32. The van der Waals surface area contributed by atoms with Gasteiger partial charge in [-0.2, -0.15) is 0 Å². The number of halogens is 1. The second-order valence-corrected chi connectivity index (χ2v) is 7.63. The van der Waals surface area contributed by atoms with Gasteiger partial charge in [0.15, 0.2) is 5.82 Å². The number of benzene rings is 1. The minimum atomic E-state index is -0.204. The van der Waals surface area contributed by atoms with E-state index in [4.69, 9.17) is 16.3 Å². The molecule has 8 heteroatoms. The van der Waals surface area contributed by atoms with Crippen LogP contribution < -0.4 is 5.56 Å². The molecule has 1 aliphatic rings.